The highest BCUT2D eigenvalue weighted by Gasteiger charge is 2.48. The third-order valence-electron chi connectivity index (χ3n) is 5.49. The molecule has 0 saturated carbocycles. The molecule has 1 saturated heterocycles. The fourth-order valence-electron chi connectivity index (χ4n) is 4.52. The lowest BCUT2D eigenvalue weighted by Gasteiger charge is -2.50. The molecule has 132 valence electrons. The minimum atomic E-state index is -0.762. The van der Waals surface area contributed by atoms with Crippen molar-refractivity contribution in [3.63, 3.8) is 0 Å². The van der Waals surface area contributed by atoms with Crippen molar-refractivity contribution in [1.82, 2.24) is 5.32 Å². The number of aliphatic hydroxyl groups is 1. The summed E-state index contributed by atoms with van der Waals surface area (Å²) in [6.45, 7) is 8.32. The van der Waals surface area contributed by atoms with Gasteiger partial charge in [-0.1, -0.05) is 80.6 Å². The molecule has 1 aliphatic heterocycles. The zero-order chi connectivity index (χ0) is 17.9. The molecule has 2 heteroatoms. The summed E-state index contributed by atoms with van der Waals surface area (Å²) >= 11 is 0. The molecule has 1 heterocycles. The van der Waals surface area contributed by atoms with Crippen molar-refractivity contribution in [2.75, 3.05) is 0 Å². The molecule has 0 aromatic heterocycles. The van der Waals surface area contributed by atoms with Gasteiger partial charge in [0.2, 0.25) is 0 Å². The molecule has 2 aromatic carbocycles. The quantitative estimate of drug-likeness (QED) is 0.750. The molecule has 0 radical (unpaired) electrons. The minimum absolute atomic E-state index is 0.116. The van der Waals surface area contributed by atoms with E-state index in [1.807, 2.05) is 18.2 Å². The summed E-state index contributed by atoms with van der Waals surface area (Å²) in [7, 11) is 0. The first-order chi connectivity index (χ1) is 12.0. The molecule has 0 bridgehead atoms. The second kappa shape index (κ2) is 7.55. The van der Waals surface area contributed by atoms with Crippen LogP contribution in [0.4, 0.5) is 0 Å². The van der Waals surface area contributed by atoms with Gasteiger partial charge in [-0.25, -0.2) is 0 Å². The van der Waals surface area contributed by atoms with E-state index in [2.05, 4.69) is 74.3 Å². The Morgan fingerprint density at radius 3 is 2.16 bits per heavy atom. The highest BCUT2D eigenvalue weighted by Crippen LogP contribution is 2.48. The fourth-order valence-corrected chi connectivity index (χ4v) is 4.52. The lowest BCUT2D eigenvalue weighted by atomic mass is 9.65. The van der Waals surface area contributed by atoms with Crippen LogP contribution in [0.2, 0.25) is 0 Å². The van der Waals surface area contributed by atoms with Crippen molar-refractivity contribution in [2.24, 2.45) is 11.8 Å². The molecule has 2 nitrogen and oxygen atoms in total. The van der Waals surface area contributed by atoms with Crippen LogP contribution in [-0.2, 0) is 0 Å². The first kappa shape index (κ1) is 17.9. The van der Waals surface area contributed by atoms with Gasteiger partial charge in [-0.3, -0.25) is 0 Å². The Morgan fingerprint density at radius 2 is 1.64 bits per heavy atom. The van der Waals surface area contributed by atoms with E-state index in [-0.39, 0.29) is 18.0 Å². The summed E-state index contributed by atoms with van der Waals surface area (Å²) in [5, 5.41) is 15.5. The van der Waals surface area contributed by atoms with Crippen molar-refractivity contribution < 1.29 is 5.11 Å². The van der Waals surface area contributed by atoms with Crippen molar-refractivity contribution in [3.8, 4) is 0 Å². The fraction of sp³-hybridized carbons (Fsp3) is 0.391. The van der Waals surface area contributed by atoms with Gasteiger partial charge in [0.05, 0.1) is 5.60 Å². The SMILES string of the molecule is C=CC[C@@]1(O)C[C@@H](c2ccccc2)N[C@H](c2ccccc2)[C@@H]1C(C)C. The van der Waals surface area contributed by atoms with E-state index in [9.17, 15) is 5.11 Å². The lowest BCUT2D eigenvalue weighted by Crippen LogP contribution is -2.54. The molecule has 2 N–H and O–H groups in total. The van der Waals surface area contributed by atoms with Crippen molar-refractivity contribution in [1.29, 1.82) is 0 Å². The Labute approximate surface area is 151 Å². The highest BCUT2D eigenvalue weighted by atomic mass is 16.3. The molecule has 25 heavy (non-hydrogen) atoms. The number of piperidine rings is 1. The molecule has 0 spiro atoms. The number of benzene rings is 2. The number of nitrogens with one attached hydrogen (secondary N) is 1. The first-order valence-corrected chi connectivity index (χ1v) is 9.24. The van der Waals surface area contributed by atoms with E-state index >= 15 is 0 Å². The zero-order valence-electron chi connectivity index (χ0n) is 15.2. The average Bonchev–Trinajstić information content (AvgIpc) is 2.62. The van der Waals surface area contributed by atoms with Crippen molar-refractivity contribution >= 4 is 0 Å². The molecular formula is C23H29NO. The number of hydrogen-bond acceptors (Lipinski definition) is 2. The van der Waals surface area contributed by atoms with Crippen LogP contribution in [-0.4, -0.2) is 10.7 Å². The molecule has 0 amide bonds. The third-order valence-corrected chi connectivity index (χ3v) is 5.49. The van der Waals surface area contributed by atoms with Crippen LogP contribution in [0.1, 0.15) is 49.9 Å². The maximum Gasteiger partial charge on any atom is 0.0748 e. The third kappa shape index (κ3) is 3.70. The molecule has 1 fully saturated rings. The smallest absolute Gasteiger partial charge is 0.0748 e. The molecule has 3 rings (SSSR count). The molecule has 0 unspecified atom stereocenters. The standard InChI is InChI=1S/C23H29NO/c1-4-15-23(25)16-20(18-11-7-5-8-12-18)24-22(21(23)17(2)3)19-13-9-6-10-14-19/h4-14,17,20-22,24-25H,1,15-16H2,2-3H3/t20-,21-,22+,23+/m0/s1. The van der Waals surface area contributed by atoms with Crippen LogP contribution >= 0.6 is 0 Å². The largest absolute Gasteiger partial charge is 0.389 e. The number of hydrogen-bond donors (Lipinski definition) is 2. The molecule has 2 aromatic rings. The zero-order valence-corrected chi connectivity index (χ0v) is 15.2. The predicted octanol–water partition coefficient (Wildman–Crippen LogP) is 5.04. The summed E-state index contributed by atoms with van der Waals surface area (Å²) < 4.78 is 0. The van der Waals surface area contributed by atoms with E-state index in [0.29, 0.717) is 18.8 Å². The van der Waals surface area contributed by atoms with Crippen molar-refractivity contribution in [2.45, 2.75) is 44.4 Å². The highest BCUT2D eigenvalue weighted by molar-refractivity contribution is 5.27. The average molecular weight is 335 g/mol. The molecular weight excluding hydrogens is 306 g/mol. The van der Waals surface area contributed by atoms with E-state index < -0.39 is 5.60 Å². The van der Waals surface area contributed by atoms with E-state index in [0.717, 1.165) is 0 Å². The molecule has 1 aliphatic rings. The topological polar surface area (TPSA) is 32.3 Å². The van der Waals surface area contributed by atoms with Crippen LogP contribution in [0, 0.1) is 11.8 Å². The summed E-state index contributed by atoms with van der Waals surface area (Å²) in [4.78, 5) is 0. The maximum atomic E-state index is 11.7. The summed E-state index contributed by atoms with van der Waals surface area (Å²) in [6.07, 6.45) is 3.18. The number of rotatable bonds is 5. The van der Waals surface area contributed by atoms with Gasteiger partial charge in [-0.2, -0.15) is 0 Å². The van der Waals surface area contributed by atoms with Crippen LogP contribution < -0.4 is 5.32 Å². The molecule has 4 atom stereocenters. The Morgan fingerprint density at radius 1 is 1.08 bits per heavy atom. The van der Waals surface area contributed by atoms with Gasteiger partial charge < -0.3 is 10.4 Å². The van der Waals surface area contributed by atoms with Crippen molar-refractivity contribution in [3.05, 3.63) is 84.4 Å². The summed E-state index contributed by atoms with van der Waals surface area (Å²) in [6, 6.07) is 21.2. The second-order valence-corrected chi connectivity index (χ2v) is 7.59. The van der Waals surface area contributed by atoms with Gasteiger partial charge >= 0.3 is 0 Å². The Kier molecular flexibility index (Phi) is 5.41. The van der Waals surface area contributed by atoms with Crippen LogP contribution in [0.15, 0.2) is 73.3 Å². The lowest BCUT2D eigenvalue weighted by molar-refractivity contribution is -0.0902. The maximum absolute atomic E-state index is 11.7. The van der Waals surface area contributed by atoms with Gasteiger partial charge in [0.1, 0.15) is 0 Å². The van der Waals surface area contributed by atoms with Gasteiger partial charge in [0, 0.05) is 18.0 Å². The second-order valence-electron chi connectivity index (χ2n) is 7.59. The van der Waals surface area contributed by atoms with Crippen LogP contribution in [0.5, 0.6) is 0 Å². The van der Waals surface area contributed by atoms with Gasteiger partial charge in [0.25, 0.3) is 0 Å². The van der Waals surface area contributed by atoms with Gasteiger partial charge in [0.15, 0.2) is 0 Å². The summed E-state index contributed by atoms with van der Waals surface area (Å²) in [5.74, 6) is 0.493. The normalized spacial score (nSPS) is 29.5. The van der Waals surface area contributed by atoms with Gasteiger partial charge in [-0.05, 0) is 29.9 Å². The van der Waals surface area contributed by atoms with E-state index in [1.54, 1.807) is 0 Å². The van der Waals surface area contributed by atoms with Crippen LogP contribution in [0.25, 0.3) is 0 Å². The Balaban J connectivity index is 2.04. The predicted molar refractivity (Wildman–Crippen MR) is 104 cm³/mol. The Bertz CT molecular complexity index is 682. The monoisotopic (exact) mass is 335 g/mol. The first-order valence-electron chi connectivity index (χ1n) is 9.24. The van der Waals surface area contributed by atoms with Gasteiger partial charge in [-0.15, -0.1) is 6.58 Å². The van der Waals surface area contributed by atoms with Crippen LogP contribution in [0.3, 0.4) is 0 Å². The Hall–Kier alpha value is -1.90. The summed E-state index contributed by atoms with van der Waals surface area (Å²) in [5.41, 5.74) is 1.71. The minimum Gasteiger partial charge on any atom is -0.389 e. The van der Waals surface area contributed by atoms with E-state index in [1.165, 1.54) is 11.1 Å². The van der Waals surface area contributed by atoms with E-state index in [4.69, 9.17) is 0 Å². The molecule has 0 aliphatic carbocycles.